The van der Waals surface area contributed by atoms with Crippen molar-refractivity contribution in [1.82, 2.24) is 15.1 Å². The molecular formula is C23H31N3O. The van der Waals surface area contributed by atoms with Gasteiger partial charge >= 0.3 is 0 Å². The Kier molecular flexibility index (Phi) is 5.72. The first-order valence-corrected chi connectivity index (χ1v) is 10.6. The lowest BCUT2D eigenvalue weighted by Crippen LogP contribution is -2.32. The van der Waals surface area contributed by atoms with Crippen molar-refractivity contribution in [3.8, 4) is 0 Å². The van der Waals surface area contributed by atoms with E-state index in [0.29, 0.717) is 0 Å². The van der Waals surface area contributed by atoms with Crippen LogP contribution in [0.3, 0.4) is 0 Å². The average molecular weight is 366 g/mol. The van der Waals surface area contributed by atoms with Gasteiger partial charge in [0.1, 0.15) is 0 Å². The fourth-order valence-electron chi connectivity index (χ4n) is 4.84. The molecule has 4 rings (SSSR count). The normalized spacial score (nSPS) is 17.9. The van der Waals surface area contributed by atoms with Crippen molar-refractivity contribution < 1.29 is 0 Å². The Balaban J connectivity index is 1.49. The van der Waals surface area contributed by atoms with E-state index in [9.17, 15) is 4.79 Å². The van der Waals surface area contributed by atoms with E-state index in [1.807, 2.05) is 0 Å². The summed E-state index contributed by atoms with van der Waals surface area (Å²) in [5, 5.41) is 7.13. The molecule has 0 aliphatic heterocycles. The van der Waals surface area contributed by atoms with Gasteiger partial charge < -0.3 is 0 Å². The van der Waals surface area contributed by atoms with Crippen molar-refractivity contribution in [2.75, 3.05) is 7.05 Å². The average Bonchev–Trinajstić information content (AvgIpc) is 2.71. The van der Waals surface area contributed by atoms with Crippen molar-refractivity contribution >= 4 is 0 Å². The predicted molar refractivity (Wildman–Crippen MR) is 109 cm³/mol. The van der Waals surface area contributed by atoms with Crippen molar-refractivity contribution in [2.45, 2.75) is 76.8 Å². The quantitative estimate of drug-likeness (QED) is 0.871. The standard InChI is InChI=1S/C23H31N3O/c1-26(19-10-3-2-4-11-19)16-18-9-7-8-17(14-18)15-22-20-12-5-6-13-21(20)23(27)25-24-22/h7-9,14,19H,2-6,10-13,15-16H2,1H3,(H,25,27). The van der Waals surface area contributed by atoms with E-state index in [1.165, 1.54) is 48.8 Å². The van der Waals surface area contributed by atoms with Gasteiger partial charge in [-0.2, -0.15) is 5.10 Å². The summed E-state index contributed by atoms with van der Waals surface area (Å²) in [5.74, 6) is 0. The molecule has 1 aromatic heterocycles. The van der Waals surface area contributed by atoms with Gasteiger partial charge in [-0.05, 0) is 62.3 Å². The summed E-state index contributed by atoms with van der Waals surface area (Å²) in [4.78, 5) is 14.6. The largest absolute Gasteiger partial charge is 0.299 e. The highest BCUT2D eigenvalue weighted by Crippen LogP contribution is 2.24. The van der Waals surface area contributed by atoms with E-state index >= 15 is 0 Å². The van der Waals surface area contributed by atoms with Crippen LogP contribution in [0.15, 0.2) is 29.1 Å². The van der Waals surface area contributed by atoms with Crippen LogP contribution in [0.25, 0.3) is 0 Å². The Bertz CT molecular complexity index is 836. The second kappa shape index (κ2) is 8.39. The van der Waals surface area contributed by atoms with E-state index in [2.05, 4.69) is 46.4 Å². The number of benzene rings is 1. The molecule has 144 valence electrons. The summed E-state index contributed by atoms with van der Waals surface area (Å²) >= 11 is 0. The monoisotopic (exact) mass is 365 g/mol. The molecule has 0 bridgehead atoms. The maximum atomic E-state index is 12.1. The van der Waals surface area contributed by atoms with Crippen molar-refractivity contribution in [3.05, 3.63) is 62.6 Å². The van der Waals surface area contributed by atoms with E-state index in [-0.39, 0.29) is 5.56 Å². The summed E-state index contributed by atoms with van der Waals surface area (Å²) in [6, 6.07) is 9.64. The van der Waals surface area contributed by atoms with Crippen LogP contribution in [0.1, 0.15) is 72.9 Å². The van der Waals surface area contributed by atoms with E-state index in [4.69, 9.17) is 0 Å². The number of nitrogens with one attached hydrogen (secondary N) is 1. The molecule has 2 aliphatic carbocycles. The first kappa shape index (κ1) is 18.4. The summed E-state index contributed by atoms with van der Waals surface area (Å²) in [6.07, 6.45) is 11.8. The van der Waals surface area contributed by atoms with Crippen LogP contribution in [0.4, 0.5) is 0 Å². The second-order valence-electron chi connectivity index (χ2n) is 8.37. The number of aromatic amines is 1. The van der Waals surface area contributed by atoms with Gasteiger partial charge in [-0.1, -0.05) is 43.5 Å². The lowest BCUT2D eigenvalue weighted by Gasteiger charge is -2.31. The minimum Gasteiger partial charge on any atom is -0.299 e. The Labute approximate surface area is 162 Å². The first-order valence-electron chi connectivity index (χ1n) is 10.6. The van der Waals surface area contributed by atoms with Crippen molar-refractivity contribution in [3.63, 3.8) is 0 Å². The molecule has 0 unspecified atom stereocenters. The van der Waals surface area contributed by atoms with E-state index < -0.39 is 0 Å². The van der Waals surface area contributed by atoms with Gasteiger partial charge in [0.15, 0.2) is 0 Å². The third-order valence-corrected chi connectivity index (χ3v) is 6.38. The Morgan fingerprint density at radius 2 is 1.78 bits per heavy atom. The van der Waals surface area contributed by atoms with Crippen molar-refractivity contribution in [1.29, 1.82) is 0 Å². The molecule has 4 heteroatoms. The smallest absolute Gasteiger partial charge is 0.267 e. The number of rotatable bonds is 5. The van der Waals surface area contributed by atoms with Gasteiger partial charge in [0, 0.05) is 24.6 Å². The lowest BCUT2D eigenvalue weighted by molar-refractivity contribution is 0.184. The highest BCUT2D eigenvalue weighted by atomic mass is 16.1. The van der Waals surface area contributed by atoms with Gasteiger partial charge in [0.05, 0.1) is 5.69 Å². The topological polar surface area (TPSA) is 49.0 Å². The minimum absolute atomic E-state index is 0.0105. The number of hydrogen-bond donors (Lipinski definition) is 1. The Morgan fingerprint density at radius 1 is 1.04 bits per heavy atom. The SMILES string of the molecule is CN(Cc1cccc(Cc2n[nH]c(=O)c3c2CCCC3)c1)C1CCCCC1. The summed E-state index contributed by atoms with van der Waals surface area (Å²) in [7, 11) is 2.27. The zero-order valence-corrected chi connectivity index (χ0v) is 16.5. The molecule has 0 spiro atoms. The maximum Gasteiger partial charge on any atom is 0.267 e. The molecule has 2 aliphatic rings. The second-order valence-corrected chi connectivity index (χ2v) is 8.37. The fourth-order valence-corrected chi connectivity index (χ4v) is 4.84. The minimum atomic E-state index is 0.0105. The van der Waals surface area contributed by atoms with Crippen LogP contribution in [0.2, 0.25) is 0 Å². The molecule has 0 atom stereocenters. The molecule has 2 aromatic rings. The summed E-state index contributed by atoms with van der Waals surface area (Å²) in [6.45, 7) is 1.01. The Hall–Kier alpha value is -1.94. The lowest BCUT2D eigenvalue weighted by atomic mass is 9.90. The molecule has 0 amide bonds. The summed E-state index contributed by atoms with van der Waals surface area (Å²) < 4.78 is 0. The molecular weight excluding hydrogens is 334 g/mol. The number of nitrogens with zero attached hydrogens (tertiary/aromatic N) is 2. The third-order valence-electron chi connectivity index (χ3n) is 6.38. The molecule has 1 N–H and O–H groups in total. The number of hydrogen-bond acceptors (Lipinski definition) is 3. The molecule has 0 saturated heterocycles. The van der Waals surface area contributed by atoms with Crippen LogP contribution >= 0.6 is 0 Å². The zero-order chi connectivity index (χ0) is 18.6. The maximum absolute atomic E-state index is 12.1. The molecule has 27 heavy (non-hydrogen) atoms. The van der Waals surface area contributed by atoms with Crippen LogP contribution in [0, 0.1) is 0 Å². The first-order chi connectivity index (χ1) is 13.2. The van der Waals surface area contributed by atoms with Crippen LogP contribution < -0.4 is 5.56 Å². The number of aromatic nitrogens is 2. The van der Waals surface area contributed by atoms with Gasteiger partial charge in [-0.25, -0.2) is 5.10 Å². The fraction of sp³-hybridized carbons (Fsp3) is 0.565. The van der Waals surface area contributed by atoms with Gasteiger partial charge in [0.2, 0.25) is 0 Å². The van der Waals surface area contributed by atoms with E-state index in [1.54, 1.807) is 0 Å². The van der Waals surface area contributed by atoms with E-state index in [0.717, 1.165) is 55.9 Å². The Morgan fingerprint density at radius 3 is 2.59 bits per heavy atom. The van der Waals surface area contributed by atoms with Crippen LogP contribution in [-0.2, 0) is 25.8 Å². The molecule has 4 nitrogen and oxygen atoms in total. The van der Waals surface area contributed by atoms with Gasteiger partial charge in [-0.15, -0.1) is 0 Å². The van der Waals surface area contributed by atoms with Crippen molar-refractivity contribution in [2.24, 2.45) is 0 Å². The molecule has 1 saturated carbocycles. The molecule has 1 fully saturated rings. The van der Waals surface area contributed by atoms with Gasteiger partial charge in [-0.3, -0.25) is 9.69 Å². The van der Waals surface area contributed by atoms with Crippen LogP contribution in [-0.4, -0.2) is 28.2 Å². The highest BCUT2D eigenvalue weighted by molar-refractivity contribution is 5.35. The molecule has 1 heterocycles. The third kappa shape index (κ3) is 4.32. The molecule has 1 aromatic carbocycles. The zero-order valence-electron chi connectivity index (χ0n) is 16.5. The predicted octanol–water partition coefficient (Wildman–Crippen LogP) is 4.00. The number of H-pyrrole nitrogens is 1. The molecule has 0 radical (unpaired) electrons. The van der Waals surface area contributed by atoms with Crippen LogP contribution in [0.5, 0.6) is 0 Å². The van der Waals surface area contributed by atoms with Gasteiger partial charge in [0.25, 0.3) is 5.56 Å². The number of fused-ring (bicyclic) bond motifs is 1. The highest BCUT2D eigenvalue weighted by Gasteiger charge is 2.19. The summed E-state index contributed by atoms with van der Waals surface area (Å²) in [5.41, 5.74) is 5.91.